The quantitative estimate of drug-likeness (QED) is 0.543. The van der Waals surface area contributed by atoms with Crippen LogP contribution < -0.4 is 10.6 Å². The van der Waals surface area contributed by atoms with Crippen molar-refractivity contribution in [2.24, 2.45) is 0 Å². The van der Waals surface area contributed by atoms with Crippen LogP contribution in [0.1, 0.15) is 11.4 Å². The van der Waals surface area contributed by atoms with E-state index in [0.717, 1.165) is 11.4 Å². The zero-order valence-electron chi connectivity index (χ0n) is 8.08. The largest absolute Gasteiger partial charge is 0.347 e. The van der Waals surface area contributed by atoms with Gasteiger partial charge in [0.25, 0.3) is 0 Å². The van der Waals surface area contributed by atoms with Crippen molar-refractivity contribution >= 4 is 5.91 Å². The van der Waals surface area contributed by atoms with Crippen LogP contribution in [-0.4, -0.2) is 28.5 Å². The smallest absolute Gasteiger partial charge is 0.238 e. The Labute approximate surface area is 86.7 Å². The molecule has 15 heavy (non-hydrogen) atoms. The van der Waals surface area contributed by atoms with Crippen molar-refractivity contribution in [1.29, 1.82) is 5.26 Å². The van der Waals surface area contributed by atoms with Crippen LogP contribution in [0.2, 0.25) is 0 Å². The lowest BCUT2D eigenvalue weighted by atomic mass is 10.1. The molecule has 2 heterocycles. The van der Waals surface area contributed by atoms with E-state index in [4.69, 9.17) is 5.26 Å². The summed E-state index contributed by atoms with van der Waals surface area (Å²) in [7, 11) is 0. The lowest BCUT2D eigenvalue weighted by Crippen LogP contribution is -2.47. The Balaban J connectivity index is 1.98. The molecule has 6 nitrogen and oxygen atoms in total. The molecule has 1 atom stereocenters. The average Bonchev–Trinajstić information content (AvgIpc) is 2.72. The highest BCUT2D eigenvalue weighted by Crippen LogP contribution is 2.11. The van der Waals surface area contributed by atoms with E-state index in [1.54, 1.807) is 6.33 Å². The lowest BCUT2D eigenvalue weighted by Gasteiger charge is -2.21. The predicted molar refractivity (Wildman–Crippen MR) is 51.5 cm³/mol. The number of nitrogens with one attached hydrogen (secondary N) is 3. The van der Waals surface area contributed by atoms with Gasteiger partial charge in [0.1, 0.15) is 6.54 Å². The van der Waals surface area contributed by atoms with Crippen molar-refractivity contribution in [2.45, 2.75) is 19.0 Å². The summed E-state index contributed by atoms with van der Waals surface area (Å²) >= 11 is 0. The van der Waals surface area contributed by atoms with Gasteiger partial charge in [0, 0.05) is 13.0 Å². The van der Waals surface area contributed by atoms with Gasteiger partial charge in [-0.15, -0.1) is 0 Å². The fraction of sp³-hybridized carbons (Fsp3) is 0.444. The first-order valence-electron chi connectivity index (χ1n) is 4.70. The second-order valence-electron chi connectivity index (χ2n) is 3.34. The number of H-pyrrole nitrogens is 1. The van der Waals surface area contributed by atoms with Crippen molar-refractivity contribution < 1.29 is 4.79 Å². The number of amides is 1. The van der Waals surface area contributed by atoms with Crippen LogP contribution in [-0.2, 0) is 17.8 Å². The van der Waals surface area contributed by atoms with Crippen LogP contribution in [0, 0.1) is 11.3 Å². The molecule has 1 aliphatic heterocycles. The van der Waals surface area contributed by atoms with E-state index in [0.29, 0.717) is 13.0 Å². The van der Waals surface area contributed by atoms with Crippen LogP contribution in [0.4, 0.5) is 0 Å². The standard InChI is InChI=1S/C9H11N5O/c10-1-2-11-9(15)7-3-6-8(4-12-7)14-5-13-6/h5,7,12H,2-4H2,(H,11,15)(H,13,14). The van der Waals surface area contributed by atoms with Crippen LogP contribution in [0.25, 0.3) is 0 Å². The molecule has 0 fully saturated rings. The summed E-state index contributed by atoms with van der Waals surface area (Å²) in [5.74, 6) is -0.148. The normalized spacial score (nSPS) is 19.0. The summed E-state index contributed by atoms with van der Waals surface area (Å²) in [6.07, 6.45) is 2.19. The molecule has 2 rings (SSSR count). The number of carbonyl (C=O) groups excluding carboxylic acids is 1. The van der Waals surface area contributed by atoms with Gasteiger partial charge in [0.2, 0.25) is 5.91 Å². The highest BCUT2D eigenvalue weighted by molar-refractivity contribution is 5.82. The van der Waals surface area contributed by atoms with E-state index in [2.05, 4.69) is 20.6 Å². The maximum Gasteiger partial charge on any atom is 0.238 e. The van der Waals surface area contributed by atoms with E-state index in [1.807, 2.05) is 6.07 Å². The molecular formula is C9H11N5O. The summed E-state index contributed by atoms with van der Waals surface area (Å²) in [6, 6.07) is 1.59. The molecular weight excluding hydrogens is 194 g/mol. The van der Waals surface area contributed by atoms with Crippen molar-refractivity contribution in [3.05, 3.63) is 17.7 Å². The Morgan fingerprint density at radius 1 is 1.80 bits per heavy atom. The van der Waals surface area contributed by atoms with Gasteiger partial charge in [0.05, 0.1) is 29.8 Å². The molecule has 0 aromatic carbocycles. The fourth-order valence-electron chi connectivity index (χ4n) is 1.60. The number of carbonyl (C=O) groups is 1. The molecule has 1 aliphatic rings. The molecule has 0 aliphatic carbocycles. The number of aromatic amines is 1. The number of nitrogens with zero attached hydrogens (tertiary/aromatic N) is 2. The first-order valence-corrected chi connectivity index (χ1v) is 4.70. The first-order chi connectivity index (χ1) is 7.31. The Kier molecular flexibility index (Phi) is 2.65. The number of hydrogen-bond donors (Lipinski definition) is 3. The number of rotatable bonds is 2. The van der Waals surface area contributed by atoms with Gasteiger partial charge in [-0.25, -0.2) is 4.98 Å². The average molecular weight is 205 g/mol. The molecule has 0 saturated carbocycles. The highest BCUT2D eigenvalue weighted by atomic mass is 16.2. The maximum absolute atomic E-state index is 11.5. The Morgan fingerprint density at radius 3 is 3.47 bits per heavy atom. The van der Waals surface area contributed by atoms with Crippen LogP contribution in [0.3, 0.4) is 0 Å². The Bertz CT molecular complexity index is 405. The molecule has 1 aromatic rings. The molecule has 78 valence electrons. The summed E-state index contributed by atoms with van der Waals surface area (Å²) in [6.45, 7) is 0.657. The summed E-state index contributed by atoms with van der Waals surface area (Å²) in [5, 5.41) is 13.9. The molecule has 0 saturated heterocycles. The van der Waals surface area contributed by atoms with Gasteiger partial charge in [-0.05, 0) is 0 Å². The first kappa shape index (κ1) is 9.68. The van der Waals surface area contributed by atoms with Gasteiger partial charge < -0.3 is 10.3 Å². The second kappa shape index (κ2) is 4.11. The zero-order chi connectivity index (χ0) is 10.7. The predicted octanol–water partition coefficient (Wildman–Crippen LogP) is -0.936. The molecule has 0 bridgehead atoms. The van der Waals surface area contributed by atoms with Crippen LogP contribution in [0.15, 0.2) is 6.33 Å². The van der Waals surface area contributed by atoms with Gasteiger partial charge in [0.15, 0.2) is 0 Å². The highest BCUT2D eigenvalue weighted by Gasteiger charge is 2.25. The van der Waals surface area contributed by atoms with Crippen molar-refractivity contribution in [1.82, 2.24) is 20.6 Å². The third-order valence-electron chi connectivity index (χ3n) is 2.39. The topological polar surface area (TPSA) is 93.6 Å². The number of hydrogen-bond acceptors (Lipinski definition) is 4. The monoisotopic (exact) mass is 205 g/mol. The zero-order valence-corrected chi connectivity index (χ0v) is 8.08. The third kappa shape index (κ3) is 1.97. The molecule has 0 radical (unpaired) electrons. The van der Waals surface area contributed by atoms with Crippen molar-refractivity contribution in [2.75, 3.05) is 6.54 Å². The number of aromatic nitrogens is 2. The molecule has 1 aromatic heterocycles. The van der Waals surface area contributed by atoms with Gasteiger partial charge in [-0.1, -0.05) is 0 Å². The van der Waals surface area contributed by atoms with Crippen LogP contribution in [0.5, 0.6) is 0 Å². The Morgan fingerprint density at radius 2 is 2.67 bits per heavy atom. The fourth-order valence-corrected chi connectivity index (χ4v) is 1.60. The van der Waals surface area contributed by atoms with E-state index in [1.165, 1.54) is 0 Å². The molecule has 1 amide bonds. The molecule has 0 spiro atoms. The molecule has 6 heteroatoms. The van der Waals surface area contributed by atoms with Gasteiger partial charge >= 0.3 is 0 Å². The van der Waals surface area contributed by atoms with Crippen LogP contribution >= 0.6 is 0 Å². The summed E-state index contributed by atoms with van der Waals surface area (Å²) < 4.78 is 0. The summed E-state index contributed by atoms with van der Waals surface area (Å²) in [4.78, 5) is 18.7. The van der Waals surface area contributed by atoms with E-state index < -0.39 is 0 Å². The SMILES string of the molecule is N#CCNC(=O)C1Cc2nc[nH]c2CN1. The van der Waals surface area contributed by atoms with Gasteiger partial charge in [-0.3, -0.25) is 10.1 Å². The van der Waals surface area contributed by atoms with E-state index >= 15 is 0 Å². The lowest BCUT2D eigenvalue weighted by molar-refractivity contribution is -0.123. The number of fused-ring (bicyclic) bond motifs is 1. The second-order valence-corrected chi connectivity index (χ2v) is 3.34. The minimum atomic E-state index is -0.283. The summed E-state index contributed by atoms with van der Waals surface area (Å²) in [5.41, 5.74) is 1.95. The number of nitriles is 1. The molecule has 3 N–H and O–H groups in total. The minimum absolute atomic E-state index is 0.0461. The van der Waals surface area contributed by atoms with Crippen molar-refractivity contribution in [3.63, 3.8) is 0 Å². The third-order valence-corrected chi connectivity index (χ3v) is 2.39. The van der Waals surface area contributed by atoms with E-state index in [9.17, 15) is 4.79 Å². The van der Waals surface area contributed by atoms with Crippen molar-refractivity contribution in [3.8, 4) is 6.07 Å². The minimum Gasteiger partial charge on any atom is -0.347 e. The maximum atomic E-state index is 11.5. The number of imidazole rings is 1. The van der Waals surface area contributed by atoms with Gasteiger partial charge in [-0.2, -0.15) is 5.26 Å². The Hall–Kier alpha value is -1.87. The van der Waals surface area contributed by atoms with E-state index in [-0.39, 0.29) is 18.5 Å². The molecule has 1 unspecified atom stereocenters.